The summed E-state index contributed by atoms with van der Waals surface area (Å²) in [7, 11) is 0. The van der Waals surface area contributed by atoms with Crippen LogP contribution in [0.1, 0.15) is 20.3 Å². The van der Waals surface area contributed by atoms with Gasteiger partial charge in [-0.25, -0.2) is 0 Å². The van der Waals surface area contributed by atoms with Crippen LogP contribution in [0, 0.1) is 5.92 Å². The van der Waals surface area contributed by atoms with Crippen LogP contribution in [-0.4, -0.2) is 6.04 Å². The third-order valence-electron chi connectivity index (χ3n) is 1.39. The summed E-state index contributed by atoms with van der Waals surface area (Å²) in [6.07, 6.45) is 2.77. The second-order valence-electron chi connectivity index (χ2n) is 2.55. The highest BCUT2D eigenvalue weighted by Gasteiger charge is 2.03. The van der Waals surface area contributed by atoms with Crippen LogP contribution in [0.5, 0.6) is 0 Å². The van der Waals surface area contributed by atoms with Crippen molar-refractivity contribution in [3.63, 3.8) is 0 Å². The molecule has 52 valence electrons. The summed E-state index contributed by atoms with van der Waals surface area (Å²) in [5, 5.41) is 0. The van der Waals surface area contributed by atoms with Crippen molar-refractivity contribution >= 4 is 0 Å². The van der Waals surface area contributed by atoms with Gasteiger partial charge in [-0.2, -0.15) is 0 Å². The maximum atomic E-state index is 5.70. The number of nitrogens with two attached hydrogens (primary N) is 1. The van der Waals surface area contributed by atoms with Crippen molar-refractivity contribution in [3.8, 4) is 0 Å². The average molecular weight is 125 g/mol. The third kappa shape index (κ3) is 4.01. The van der Waals surface area contributed by atoms with E-state index in [0.29, 0.717) is 5.92 Å². The standard InChI is InChI=1S/C8H15N/c1-4-5-6-8(9)7(2)3/h5,7-8H,1,6,9H2,2-3H3/t8-/m1/s1. The minimum atomic E-state index is 0.263. The van der Waals surface area contributed by atoms with E-state index in [1.165, 1.54) is 0 Å². The molecule has 1 heteroatoms. The lowest BCUT2D eigenvalue weighted by Gasteiger charge is -2.11. The lowest BCUT2D eigenvalue weighted by molar-refractivity contribution is 0.497. The quantitative estimate of drug-likeness (QED) is 0.571. The van der Waals surface area contributed by atoms with Crippen LogP contribution in [-0.2, 0) is 0 Å². The van der Waals surface area contributed by atoms with Crippen LogP contribution in [0.3, 0.4) is 0 Å². The second kappa shape index (κ2) is 4.37. The molecule has 9 heavy (non-hydrogen) atoms. The Balaban J connectivity index is 3.49. The Labute approximate surface area is 57.3 Å². The fourth-order valence-corrected chi connectivity index (χ4v) is 0.492. The first-order chi connectivity index (χ1) is 4.18. The molecule has 0 rings (SSSR count). The first kappa shape index (κ1) is 8.48. The summed E-state index contributed by atoms with van der Waals surface area (Å²) in [5.41, 5.74) is 8.40. The monoisotopic (exact) mass is 125 g/mol. The highest BCUT2D eigenvalue weighted by molar-refractivity contribution is 4.82. The molecule has 0 aliphatic rings. The molecule has 0 spiro atoms. The minimum absolute atomic E-state index is 0.263. The Morgan fingerprint density at radius 2 is 2.22 bits per heavy atom. The van der Waals surface area contributed by atoms with Crippen molar-refractivity contribution in [2.24, 2.45) is 11.7 Å². The van der Waals surface area contributed by atoms with E-state index in [-0.39, 0.29) is 6.04 Å². The Hall–Kier alpha value is -0.520. The lowest BCUT2D eigenvalue weighted by Crippen LogP contribution is -2.25. The van der Waals surface area contributed by atoms with Crippen LogP contribution in [0.25, 0.3) is 0 Å². The fraction of sp³-hybridized carbons (Fsp3) is 0.625. The van der Waals surface area contributed by atoms with Crippen molar-refractivity contribution in [3.05, 3.63) is 18.4 Å². The van der Waals surface area contributed by atoms with Crippen LogP contribution in [0.2, 0.25) is 0 Å². The van der Waals surface area contributed by atoms with Gasteiger partial charge >= 0.3 is 0 Å². The Morgan fingerprint density at radius 3 is 2.56 bits per heavy atom. The molecule has 0 saturated carbocycles. The Morgan fingerprint density at radius 1 is 1.67 bits per heavy atom. The van der Waals surface area contributed by atoms with Gasteiger partial charge in [0, 0.05) is 6.04 Å². The van der Waals surface area contributed by atoms with Crippen molar-refractivity contribution < 1.29 is 0 Å². The summed E-state index contributed by atoms with van der Waals surface area (Å²) < 4.78 is 0. The van der Waals surface area contributed by atoms with Crippen LogP contribution >= 0.6 is 0 Å². The fourth-order valence-electron chi connectivity index (χ4n) is 0.492. The molecule has 0 amide bonds. The highest BCUT2D eigenvalue weighted by atomic mass is 14.6. The molecular weight excluding hydrogens is 110 g/mol. The van der Waals surface area contributed by atoms with Crippen molar-refractivity contribution in [1.82, 2.24) is 0 Å². The third-order valence-corrected chi connectivity index (χ3v) is 1.39. The molecule has 0 heterocycles. The van der Waals surface area contributed by atoms with E-state index in [9.17, 15) is 0 Å². The molecule has 0 radical (unpaired) electrons. The van der Waals surface area contributed by atoms with Crippen molar-refractivity contribution in [2.45, 2.75) is 26.3 Å². The van der Waals surface area contributed by atoms with Gasteiger partial charge < -0.3 is 5.73 Å². The Kier molecular flexibility index (Phi) is 4.12. The van der Waals surface area contributed by atoms with Crippen molar-refractivity contribution in [1.29, 1.82) is 0 Å². The van der Waals surface area contributed by atoms with Gasteiger partial charge in [0.05, 0.1) is 0 Å². The van der Waals surface area contributed by atoms with Gasteiger partial charge in [0.2, 0.25) is 0 Å². The first-order valence-electron chi connectivity index (χ1n) is 3.28. The average Bonchev–Trinajstić information content (AvgIpc) is 1.82. The molecule has 0 unspecified atom stereocenters. The maximum absolute atomic E-state index is 5.70. The number of rotatable bonds is 3. The highest BCUT2D eigenvalue weighted by Crippen LogP contribution is 2.01. The van der Waals surface area contributed by atoms with E-state index >= 15 is 0 Å². The molecular formula is C8H15N. The van der Waals surface area contributed by atoms with Crippen LogP contribution in [0.4, 0.5) is 0 Å². The zero-order valence-corrected chi connectivity index (χ0v) is 6.22. The predicted molar refractivity (Wildman–Crippen MR) is 41.1 cm³/mol. The van der Waals surface area contributed by atoms with E-state index in [1.54, 1.807) is 0 Å². The molecule has 0 aromatic carbocycles. The zero-order chi connectivity index (χ0) is 7.28. The molecule has 1 nitrogen and oxygen atoms in total. The van der Waals surface area contributed by atoms with E-state index in [2.05, 4.69) is 26.2 Å². The van der Waals surface area contributed by atoms with Crippen LogP contribution < -0.4 is 5.73 Å². The summed E-state index contributed by atoms with van der Waals surface area (Å²) in [6, 6.07) is 0.263. The minimum Gasteiger partial charge on any atom is -0.327 e. The molecule has 0 aliphatic carbocycles. The molecule has 0 saturated heterocycles. The van der Waals surface area contributed by atoms with E-state index in [4.69, 9.17) is 5.73 Å². The SMILES string of the molecule is C=C=CC[C@@H](N)C(C)C. The largest absolute Gasteiger partial charge is 0.327 e. The molecule has 1 atom stereocenters. The summed E-state index contributed by atoms with van der Waals surface area (Å²) in [5.74, 6) is 0.551. The first-order valence-corrected chi connectivity index (χ1v) is 3.28. The Bertz CT molecular complexity index is 110. The number of hydrogen-bond acceptors (Lipinski definition) is 1. The van der Waals surface area contributed by atoms with Gasteiger partial charge in [0.25, 0.3) is 0 Å². The molecule has 0 aliphatic heterocycles. The summed E-state index contributed by atoms with van der Waals surface area (Å²) in [6.45, 7) is 7.68. The van der Waals surface area contributed by atoms with Gasteiger partial charge in [-0.15, -0.1) is 5.73 Å². The lowest BCUT2D eigenvalue weighted by atomic mass is 10.0. The molecule has 0 fully saturated rings. The number of hydrogen-bond donors (Lipinski definition) is 1. The molecule has 0 bridgehead atoms. The molecule has 2 N–H and O–H groups in total. The van der Waals surface area contributed by atoms with E-state index < -0.39 is 0 Å². The maximum Gasteiger partial charge on any atom is 0.0103 e. The zero-order valence-electron chi connectivity index (χ0n) is 6.22. The van der Waals surface area contributed by atoms with Gasteiger partial charge in [-0.05, 0) is 18.4 Å². The van der Waals surface area contributed by atoms with Gasteiger partial charge in [-0.3, -0.25) is 0 Å². The topological polar surface area (TPSA) is 26.0 Å². The van der Waals surface area contributed by atoms with Gasteiger partial charge in [0.1, 0.15) is 0 Å². The second-order valence-corrected chi connectivity index (χ2v) is 2.55. The van der Waals surface area contributed by atoms with E-state index in [0.717, 1.165) is 6.42 Å². The molecule has 0 aromatic rings. The summed E-state index contributed by atoms with van der Waals surface area (Å²) >= 11 is 0. The molecule has 0 aromatic heterocycles. The summed E-state index contributed by atoms with van der Waals surface area (Å²) in [4.78, 5) is 0. The van der Waals surface area contributed by atoms with Gasteiger partial charge in [-0.1, -0.05) is 20.4 Å². The normalized spacial score (nSPS) is 12.9. The van der Waals surface area contributed by atoms with Gasteiger partial charge in [0.15, 0.2) is 0 Å². The van der Waals surface area contributed by atoms with Crippen LogP contribution in [0.15, 0.2) is 18.4 Å². The van der Waals surface area contributed by atoms with Crippen molar-refractivity contribution in [2.75, 3.05) is 0 Å². The predicted octanol–water partition coefficient (Wildman–Crippen LogP) is 1.70. The van der Waals surface area contributed by atoms with E-state index in [1.807, 2.05) is 6.08 Å². The smallest absolute Gasteiger partial charge is 0.0103 e.